The summed E-state index contributed by atoms with van der Waals surface area (Å²) in [4.78, 5) is 19.8. The van der Waals surface area contributed by atoms with Crippen LogP contribution in [0.2, 0.25) is 0 Å². The standard InChI is InChI=1S/C22H19N5O3/c1-2-17(15-8-4-3-5-9-15)24-18-12-11-16(14-20(18)27(28)29)22-25-21(26-30-22)19-10-6-7-13-23-19/h3-14,17,24H,2H2,1H3/t17-/m0/s1. The van der Waals surface area contributed by atoms with Gasteiger partial charge in [0.1, 0.15) is 11.4 Å². The molecule has 0 saturated heterocycles. The molecule has 0 unspecified atom stereocenters. The van der Waals surface area contributed by atoms with Gasteiger partial charge in [-0.1, -0.05) is 48.5 Å². The molecule has 0 aliphatic carbocycles. The second kappa shape index (κ2) is 8.52. The molecular formula is C22H19N5O3. The van der Waals surface area contributed by atoms with Gasteiger partial charge in [-0.05, 0) is 36.2 Å². The number of pyridine rings is 1. The van der Waals surface area contributed by atoms with E-state index in [2.05, 4.69) is 20.4 Å². The summed E-state index contributed by atoms with van der Waals surface area (Å²) in [5.41, 5.74) is 2.47. The zero-order valence-electron chi connectivity index (χ0n) is 16.2. The molecule has 0 saturated carbocycles. The summed E-state index contributed by atoms with van der Waals surface area (Å²) in [6.07, 6.45) is 2.41. The van der Waals surface area contributed by atoms with Crippen LogP contribution in [0, 0.1) is 10.1 Å². The van der Waals surface area contributed by atoms with Gasteiger partial charge in [0.15, 0.2) is 0 Å². The van der Waals surface area contributed by atoms with Crippen molar-refractivity contribution < 1.29 is 9.45 Å². The van der Waals surface area contributed by atoms with Gasteiger partial charge in [-0.15, -0.1) is 0 Å². The van der Waals surface area contributed by atoms with Gasteiger partial charge < -0.3 is 9.84 Å². The normalized spacial score (nSPS) is 11.8. The Balaban J connectivity index is 1.64. The molecule has 2 aromatic heterocycles. The number of benzene rings is 2. The predicted molar refractivity (Wildman–Crippen MR) is 113 cm³/mol. The SMILES string of the molecule is CC[C@H](Nc1ccc(-c2nc(-c3ccccn3)no2)cc1[N+](=O)[O-])c1ccccc1. The number of nitro benzene ring substituents is 1. The monoisotopic (exact) mass is 401 g/mol. The third kappa shape index (κ3) is 4.02. The molecule has 0 aliphatic rings. The molecule has 0 aliphatic heterocycles. The van der Waals surface area contributed by atoms with Crippen molar-refractivity contribution in [3.63, 3.8) is 0 Å². The minimum Gasteiger partial charge on any atom is -0.373 e. The summed E-state index contributed by atoms with van der Waals surface area (Å²) in [5.74, 6) is 0.519. The molecule has 1 N–H and O–H groups in total. The first kappa shape index (κ1) is 19.3. The van der Waals surface area contributed by atoms with E-state index in [9.17, 15) is 10.1 Å². The number of nitro groups is 1. The molecule has 4 aromatic rings. The highest BCUT2D eigenvalue weighted by atomic mass is 16.6. The molecule has 2 aromatic carbocycles. The molecule has 2 heterocycles. The maximum Gasteiger partial charge on any atom is 0.293 e. The Hall–Kier alpha value is -4.07. The van der Waals surface area contributed by atoms with Gasteiger partial charge >= 0.3 is 0 Å². The minimum atomic E-state index is -0.417. The van der Waals surface area contributed by atoms with Gasteiger partial charge in [0, 0.05) is 17.8 Å². The van der Waals surface area contributed by atoms with Crippen molar-refractivity contribution >= 4 is 11.4 Å². The molecule has 30 heavy (non-hydrogen) atoms. The van der Waals surface area contributed by atoms with E-state index in [1.807, 2.05) is 43.3 Å². The number of nitrogens with one attached hydrogen (secondary N) is 1. The molecule has 4 rings (SSSR count). The van der Waals surface area contributed by atoms with Crippen molar-refractivity contribution in [3.8, 4) is 23.0 Å². The molecule has 150 valence electrons. The third-order valence-corrected chi connectivity index (χ3v) is 4.70. The van der Waals surface area contributed by atoms with Crippen LogP contribution in [0.3, 0.4) is 0 Å². The zero-order valence-corrected chi connectivity index (χ0v) is 16.2. The first-order chi connectivity index (χ1) is 14.7. The van der Waals surface area contributed by atoms with Crippen molar-refractivity contribution in [1.82, 2.24) is 15.1 Å². The van der Waals surface area contributed by atoms with Gasteiger partial charge in [0.25, 0.3) is 11.6 Å². The number of rotatable bonds is 7. The predicted octanol–water partition coefficient (Wildman–Crippen LogP) is 5.27. The zero-order chi connectivity index (χ0) is 20.9. The molecule has 8 nitrogen and oxygen atoms in total. The van der Waals surface area contributed by atoms with Gasteiger partial charge in [0.05, 0.1) is 11.0 Å². The molecule has 0 bridgehead atoms. The Bertz CT molecular complexity index is 1150. The number of hydrogen-bond acceptors (Lipinski definition) is 7. The Morgan fingerprint density at radius 3 is 2.60 bits per heavy atom. The summed E-state index contributed by atoms with van der Waals surface area (Å²) in [6.45, 7) is 2.03. The van der Waals surface area contributed by atoms with Crippen molar-refractivity contribution in [1.29, 1.82) is 0 Å². The van der Waals surface area contributed by atoms with Crippen LogP contribution in [0.5, 0.6) is 0 Å². The Morgan fingerprint density at radius 1 is 1.10 bits per heavy atom. The summed E-state index contributed by atoms with van der Waals surface area (Å²) in [5, 5.41) is 18.9. The quantitative estimate of drug-likeness (QED) is 0.332. The van der Waals surface area contributed by atoms with Crippen LogP contribution in [0.4, 0.5) is 11.4 Å². The Morgan fingerprint density at radius 2 is 1.90 bits per heavy atom. The molecule has 0 radical (unpaired) electrons. The fourth-order valence-electron chi connectivity index (χ4n) is 3.17. The molecular weight excluding hydrogens is 382 g/mol. The number of hydrogen-bond donors (Lipinski definition) is 1. The molecule has 8 heteroatoms. The number of anilines is 1. The molecule has 0 spiro atoms. The second-order valence-corrected chi connectivity index (χ2v) is 6.64. The lowest BCUT2D eigenvalue weighted by molar-refractivity contribution is -0.383. The third-order valence-electron chi connectivity index (χ3n) is 4.70. The van der Waals surface area contributed by atoms with Crippen LogP contribution >= 0.6 is 0 Å². The molecule has 1 atom stereocenters. The van der Waals surface area contributed by atoms with E-state index >= 15 is 0 Å². The highest BCUT2D eigenvalue weighted by molar-refractivity contribution is 5.70. The van der Waals surface area contributed by atoms with Crippen molar-refractivity contribution in [2.45, 2.75) is 19.4 Å². The van der Waals surface area contributed by atoms with Crippen molar-refractivity contribution in [2.75, 3.05) is 5.32 Å². The van der Waals surface area contributed by atoms with Crippen LogP contribution in [0.25, 0.3) is 23.0 Å². The lowest BCUT2D eigenvalue weighted by Crippen LogP contribution is -2.11. The highest BCUT2D eigenvalue weighted by Gasteiger charge is 2.21. The lowest BCUT2D eigenvalue weighted by atomic mass is 10.0. The van der Waals surface area contributed by atoms with Crippen LogP contribution in [0.15, 0.2) is 77.4 Å². The fraction of sp³-hybridized carbons (Fsp3) is 0.136. The van der Waals surface area contributed by atoms with E-state index in [1.165, 1.54) is 6.07 Å². The van der Waals surface area contributed by atoms with Crippen molar-refractivity contribution in [3.05, 3.63) is 88.6 Å². The lowest BCUT2D eigenvalue weighted by Gasteiger charge is -2.18. The van der Waals surface area contributed by atoms with E-state index in [0.29, 0.717) is 22.8 Å². The maximum atomic E-state index is 11.7. The Kier molecular flexibility index (Phi) is 5.47. The summed E-state index contributed by atoms with van der Waals surface area (Å²) in [7, 11) is 0. The van der Waals surface area contributed by atoms with E-state index in [-0.39, 0.29) is 17.6 Å². The molecule has 0 fully saturated rings. The molecule has 0 amide bonds. The first-order valence-corrected chi connectivity index (χ1v) is 9.51. The van der Waals surface area contributed by atoms with E-state index < -0.39 is 4.92 Å². The fourth-order valence-corrected chi connectivity index (χ4v) is 3.17. The first-order valence-electron chi connectivity index (χ1n) is 9.51. The summed E-state index contributed by atoms with van der Waals surface area (Å²) < 4.78 is 5.31. The Labute approximate surface area is 172 Å². The maximum absolute atomic E-state index is 11.7. The van der Waals surface area contributed by atoms with Crippen LogP contribution in [0.1, 0.15) is 24.9 Å². The van der Waals surface area contributed by atoms with Gasteiger partial charge in [0.2, 0.25) is 5.82 Å². The summed E-state index contributed by atoms with van der Waals surface area (Å²) in [6, 6.07) is 20.0. The average Bonchev–Trinajstić information content (AvgIpc) is 3.29. The average molecular weight is 401 g/mol. The van der Waals surface area contributed by atoms with Crippen molar-refractivity contribution in [2.24, 2.45) is 0 Å². The largest absolute Gasteiger partial charge is 0.373 e. The van der Waals surface area contributed by atoms with Gasteiger partial charge in [-0.25, -0.2) is 0 Å². The summed E-state index contributed by atoms with van der Waals surface area (Å²) >= 11 is 0. The second-order valence-electron chi connectivity index (χ2n) is 6.64. The van der Waals surface area contributed by atoms with Crippen LogP contribution in [-0.2, 0) is 0 Å². The van der Waals surface area contributed by atoms with E-state index in [1.54, 1.807) is 30.5 Å². The van der Waals surface area contributed by atoms with Gasteiger partial charge in [-0.2, -0.15) is 4.98 Å². The van der Waals surface area contributed by atoms with Crippen LogP contribution < -0.4 is 5.32 Å². The van der Waals surface area contributed by atoms with Crippen LogP contribution in [-0.4, -0.2) is 20.0 Å². The minimum absolute atomic E-state index is 0.0464. The highest BCUT2D eigenvalue weighted by Crippen LogP contribution is 2.33. The smallest absolute Gasteiger partial charge is 0.293 e. The van der Waals surface area contributed by atoms with Gasteiger partial charge in [-0.3, -0.25) is 15.1 Å². The topological polar surface area (TPSA) is 107 Å². The van der Waals surface area contributed by atoms with E-state index in [0.717, 1.165) is 12.0 Å². The number of nitrogens with zero attached hydrogens (tertiary/aromatic N) is 4. The van der Waals surface area contributed by atoms with E-state index in [4.69, 9.17) is 4.52 Å². The number of aromatic nitrogens is 3.